The number of hydrogen-bond acceptors (Lipinski definition) is 4. The van der Waals surface area contributed by atoms with E-state index in [4.69, 9.17) is 9.47 Å². The molecule has 0 spiro atoms. The summed E-state index contributed by atoms with van der Waals surface area (Å²) >= 11 is 0. The lowest BCUT2D eigenvalue weighted by atomic mass is 9.95. The van der Waals surface area contributed by atoms with E-state index in [2.05, 4.69) is 4.90 Å². The summed E-state index contributed by atoms with van der Waals surface area (Å²) in [6.07, 6.45) is 1.77. The van der Waals surface area contributed by atoms with E-state index in [1.54, 1.807) is 7.11 Å². The van der Waals surface area contributed by atoms with Gasteiger partial charge in [-0.25, -0.2) is 0 Å². The molecular formula is C17H25NO3. The van der Waals surface area contributed by atoms with Gasteiger partial charge in [-0.3, -0.25) is 4.90 Å². The zero-order chi connectivity index (χ0) is 15.0. The number of methoxy groups -OCH3 is 1. The van der Waals surface area contributed by atoms with Gasteiger partial charge in [0.1, 0.15) is 18.0 Å². The third-order valence-corrected chi connectivity index (χ3v) is 4.87. The molecule has 21 heavy (non-hydrogen) atoms. The number of benzene rings is 1. The number of morpholine rings is 1. The van der Waals surface area contributed by atoms with E-state index in [0.717, 1.165) is 42.1 Å². The molecule has 3 unspecified atom stereocenters. The second kappa shape index (κ2) is 5.95. The number of nitrogens with zero attached hydrogens (tertiary/aromatic N) is 1. The molecule has 0 saturated carbocycles. The molecule has 0 aromatic heterocycles. The molecular weight excluding hydrogens is 266 g/mol. The van der Waals surface area contributed by atoms with Crippen molar-refractivity contribution in [2.75, 3.05) is 26.8 Å². The van der Waals surface area contributed by atoms with Crippen molar-refractivity contribution in [1.29, 1.82) is 0 Å². The Morgan fingerprint density at radius 2 is 2.14 bits per heavy atom. The first-order chi connectivity index (χ1) is 10.1. The number of fused-ring (bicyclic) bond motifs is 1. The fourth-order valence-electron chi connectivity index (χ4n) is 3.58. The van der Waals surface area contributed by atoms with Gasteiger partial charge in [0.2, 0.25) is 0 Å². The highest BCUT2D eigenvalue weighted by Gasteiger charge is 2.36. The van der Waals surface area contributed by atoms with E-state index in [0.29, 0.717) is 6.04 Å². The molecule has 1 aromatic rings. The van der Waals surface area contributed by atoms with Crippen LogP contribution in [0.5, 0.6) is 5.75 Å². The van der Waals surface area contributed by atoms with Gasteiger partial charge >= 0.3 is 0 Å². The predicted octanol–water partition coefficient (Wildman–Crippen LogP) is 2.21. The smallest absolute Gasteiger partial charge is 0.122 e. The van der Waals surface area contributed by atoms with Crippen molar-refractivity contribution in [2.45, 2.75) is 44.9 Å². The first-order valence-electron chi connectivity index (χ1n) is 7.79. The fourth-order valence-corrected chi connectivity index (χ4v) is 3.58. The van der Waals surface area contributed by atoms with Gasteiger partial charge in [0.05, 0.1) is 13.7 Å². The Morgan fingerprint density at radius 3 is 2.90 bits per heavy atom. The molecule has 4 heteroatoms. The third kappa shape index (κ3) is 2.80. The molecule has 2 aliphatic rings. The SMILES string of the molecule is COc1cc(C)c(C(O)C2CN3CCCC3CO2)cc1C. The molecule has 0 aliphatic carbocycles. The van der Waals surface area contributed by atoms with Crippen molar-refractivity contribution in [3.05, 3.63) is 28.8 Å². The highest BCUT2D eigenvalue weighted by Crippen LogP contribution is 2.32. The second-order valence-corrected chi connectivity index (χ2v) is 6.29. The maximum Gasteiger partial charge on any atom is 0.122 e. The summed E-state index contributed by atoms with van der Waals surface area (Å²) in [5.74, 6) is 0.868. The maximum atomic E-state index is 10.7. The molecule has 2 fully saturated rings. The van der Waals surface area contributed by atoms with Gasteiger partial charge in [0, 0.05) is 12.6 Å². The van der Waals surface area contributed by atoms with Gasteiger partial charge in [-0.15, -0.1) is 0 Å². The molecule has 0 amide bonds. The van der Waals surface area contributed by atoms with Crippen LogP contribution in [0.1, 0.15) is 35.6 Å². The summed E-state index contributed by atoms with van der Waals surface area (Å²) in [6, 6.07) is 4.58. The number of aliphatic hydroxyl groups is 1. The molecule has 2 heterocycles. The van der Waals surface area contributed by atoms with Crippen LogP contribution >= 0.6 is 0 Å². The van der Waals surface area contributed by atoms with Crippen molar-refractivity contribution in [2.24, 2.45) is 0 Å². The second-order valence-electron chi connectivity index (χ2n) is 6.29. The largest absolute Gasteiger partial charge is 0.496 e. The molecule has 3 rings (SSSR count). The number of aryl methyl sites for hydroxylation is 2. The van der Waals surface area contributed by atoms with Gasteiger partial charge < -0.3 is 14.6 Å². The zero-order valence-electron chi connectivity index (χ0n) is 13.1. The summed E-state index contributed by atoms with van der Waals surface area (Å²) in [7, 11) is 1.68. The van der Waals surface area contributed by atoms with Gasteiger partial charge in [0.25, 0.3) is 0 Å². The van der Waals surface area contributed by atoms with Crippen molar-refractivity contribution in [3.63, 3.8) is 0 Å². The van der Waals surface area contributed by atoms with Gasteiger partial charge in [0.15, 0.2) is 0 Å². The first kappa shape index (κ1) is 14.8. The monoisotopic (exact) mass is 291 g/mol. The lowest BCUT2D eigenvalue weighted by Gasteiger charge is -2.37. The Morgan fingerprint density at radius 1 is 1.33 bits per heavy atom. The van der Waals surface area contributed by atoms with E-state index in [1.165, 1.54) is 12.8 Å². The lowest BCUT2D eigenvalue weighted by Crippen LogP contribution is -2.48. The third-order valence-electron chi connectivity index (χ3n) is 4.87. The van der Waals surface area contributed by atoms with E-state index in [1.807, 2.05) is 26.0 Å². The van der Waals surface area contributed by atoms with Crippen molar-refractivity contribution in [1.82, 2.24) is 4.90 Å². The minimum absolute atomic E-state index is 0.133. The van der Waals surface area contributed by atoms with Crippen LogP contribution in [0.15, 0.2) is 12.1 Å². The van der Waals surface area contributed by atoms with E-state index < -0.39 is 6.10 Å². The molecule has 0 bridgehead atoms. The Labute approximate surface area is 126 Å². The topological polar surface area (TPSA) is 41.9 Å². The van der Waals surface area contributed by atoms with E-state index in [9.17, 15) is 5.11 Å². The minimum Gasteiger partial charge on any atom is -0.496 e. The fraction of sp³-hybridized carbons (Fsp3) is 0.647. The van der Waals surface area contributed by atoms with Crippen LogP contribution in [0.4, 0.5) is 0 Å². The molecule has 0 radical (unpaired) electrons. The average molecular weight is 291 g/mol. The van der Waals surface area contributed by atoms with Crippen LogP contribution in [0.2, 0.25) is 0 Å². The average Bonchev–Trinajstić information content (AvgIpc) is 2.95. The summed E-state index contributed by atoms with van der Waals surface area (Å²) in [6.45, 7) is 6.73. The molecule has 1 aromatic carbocycles. The summed E-state index contributed by atoms with van der Waals surface area (Å²) in [4.78, 5) is 2.46. The standard InChI is InChI=1S/C17H25NO3/c1-11-8-15(20-3)12(2)7-14(11)17(19)16-9-18-6-4-5-13(18)10-21-16/h7-8,13,16-17,19H,4-6,9-10H2,1-3H3. The van der Waals surface area contributed by atoms with Crippen LogP contribution in [-0.2, 0) is 4.74 Å². The molecule has 116 valence electrons. The number of rotatable bonds is 3. The Hall–Kier alpha value is -1.10. The maximum absolute atomic E-state index is 10.7. The van der Waals surface area contributed by atoms with E-state index in [-0.39, 0.29) is 6.10 Å². The summed E-state index contributed by atoms with van der Waals surface area (Å²) in [5, 5.41) is 10.7. The normalized spacial score (nSPS) is 27.4. The summed E-state index contributed by atoms with van der Waals surface area (Å²) < 4.78 is 11.3. The first-order valence-corrected chi connectivity index (χ1v) is 7.79. The van der Waals surface area contributed by atoms with Crippen LogP contribution < -0.4 is 4.74 Å². The lowest BCUT2D eigenvalue weighted by molar-refractivity contribution is -0.104. The number of aliphatic hydroxyl groups excluding tert-OH is 1. The van der Waals surface area contributed by atoms with Crippen molar-refractivity contribution >= 4 is 0 Å². The molecule has 3 atom stereocenters. The Balaban J connectivity index is 1.78. The van der Waals surface area contributed by atoms with Crippen LogP contribution in [0.25, 0.3) is 0 Å². The molecule has 4 nitrogen and oxygen atoms in total. The van der Waals surface area contributed by atoms with Gasteiger partial charge in [-0.1, -0.05) is 0 Å². The van der Waals surface area contributed by atoms with Crippen molar-refractivity contribution in [3.8, 4) is 5.75 Å². The quantitative estimate of drug-likeness (QED) is 0.927. The highest BCUT2D eigenvalue weighted by molar-refractivity contribution is 5.42. The van der Waals surface area contributed by atoms with Crippen LogP contribution in [-0.4, -0.2) is 49.0 Å². The highest BCUT2D eigenvalue weighted by atomic mass is 16.5. The number of ether oxygens (including phenoxy) is 2. The zero-order valence-corrected chi connectivity index (χ0v) is 13.1. The summed E-state index contributed by atoms with van der Waals surface area (Å²) in [5.41, 5.74) is 3.06. The molecule has 1 N–H and O–H groups in total. The minimum atomic E-state index is -0.573. The van der Waals surface area contributed by atoms with Crippen LogP contribution in [0.3, 0.4) is 0 Å². The Kier molecular flexibility index (Phi) is 4.20. The molecule has 2 aliphatic heterocycles. The molecule has 2 saturated heterocycles. The van der Waals surface area contributed by atoms with Gasteiger partial charge in [-0.05, 0) is 62.1 Å². The van der Waals surface area contributed by atoms with Crippen molar-refractivity contribution < 1.29 is 14.6 Å². The van der Waals surface area contributed by atoms with Gasteiger partial charge in [-0.2, -0.15) is 0 Å². The van der Waals surface area contributed by atoms with E-state index >= 15 is 0 Å². The predicted molar refractivity (Wildman–Crippen MR) is 81.8 cm³/mol. The van der Waals surface area contributed by atoms with Crippen LogP contribution in [0, 0.1) is 13.8 Å². The Bertz CT molecular complexity index is 517. The number of hydrogen-bond donors (Lipinski definition) is 1.